The van der Waals surface area contributed by atoms with E-state index < -0.39 is 24.1 Å². The number of esters is 2. The molecule has 0 saturated carbocycles. The van der Waals surface area contributed by atoms with E-state index in [-0.39, 0.29) is 5.92 Å². The number of hydrogen-bond acceptors (Lipinski definition) is 4. The van der Waals surface area contributed by atoms with Gasteiger partial charge in [-0.05, 0) is 29.7 Å². The van der Waals surface area contributed by atoms with Crippen LogP contribution in [0.4, 0.5) is 0 Å². The van der Waals surface area contributed by atoms with Gasteiger partial charge in [-0.1, -0.05) is 55.8 Å². The van der Waals surface area contributed by atoms with Crippen molar-refractivity contribution in [2.45, 2.75) is 26.1 Å². The van der Waals surface area contributed by atoms with Gasteiger partial charge in [0.2, 0.25) is 0 Å². The molecule has 24 heavy (non-hydrogen) atoms. The molecule has 3 rings (SSSR count). The van der Waals surface area contributed by atoms with Gasteiger partial charge in [-0.25, -0.2) is 4.79 Å². The standard InChI is InChI=1S/C19H17ClO4/c1-11(2)16(12-7-9-13(20)10-8-12)18(22)24-19-15-6-4-3-5-14(15)17(21)23-19/h3-11,16,19H,1-2H3. The van der Waals surface area contributed by atoms with Gasteiger partial charge in [0.25, 0.3) is 6.29 Å². The number of carbonyl (C=O) groups is 2. The molecule has 2 atom stereocenters. The Labute approximate surface area is 145 Å². The number of carbonyl (C=O) groups excluding carboxylic acids is 2. The van der Waals surface area contributed by atoms with Gasteiger partial charge in [-0.3, -0.25) is 4.79 Å². The quantitative estimate of drug-likeness (QED) is 0.767. The van der Waals surface area contributed by atoms with Gasteiger partial charge in [0.15, 0.2) is 0 Å². The number of benzene rings is 2. The second kappa shape index (κ2) is 6.65. The Balaban J connectivity index is 1.83. The van der Waals surface area contributed by atoms with Crippen molar-refractivity contribution in [3.05, 3.63) is 70.2 Å². The van der Waals surface area contributed by atoms with Gasteiger partial charge in [0, 0.05) is 10.6 Å². The van der Waals surface area contributed by atoms with Crippen LogP contribution >= 0.6 is 11.6 Å². The summed E-state index contributed by atoms with van der Waals surface area (Å²) in [6.45, 7) is 3.88. The van der Waals surface area contributed by atoms with Gasteiger partial charge >= 0.3 is 11.9 Å². The van der Waals surface area contributed by atoms with E-state index in [4.69, 9.17) is 21.1 Å². The summed E-state index contributed by atoms with van der Waals surface area (Å²) < 4.78 is 10.7. The molecule has 0 aromatic heterocycles. The monoisotopic (exact) mass is 344 g/mol. The Hall–Kier alpha value is -2.33. The average Bonchev–Trinajstić information content (AvgIpc) is 2.86. The van der Waals surface area contributed by atoms with Crippen LogP contribution in [0.2, 0.25) is 5.02 Å². The molecule has 0 N–H and O–H groups in total. The van der Waals surface area contributed by atoms with Crippen LogP contribution in [0.15, 0.2) is 48.5 Å². The van der Waals surface area contributed by atoms with E-state index in [1.54, 1.807) is 36.4 Å². The van der Waals surface area contributed by atoms with Crippen molar-refractivity contribution in [1.29, 1.82) is 0 Å². The third-order valence-electron chi connectivity index (χ3n) is 4.02. The second-order valence-corrected chi connectivity index (χ2v) is 6.47. The first-order chi connectivity index (χ1) is 11.5. The lowest BCUT2D eigenvalue weighted by molar-refractivity contribution is -0.170. The fourth-order valence-electron chi connectivity index (χ4n) is 2.84. The molecule has 124 valence electrons. The summed E-state index contributed by atoms with van der Waals surface area (Å²) in [5.41, 5.74) is 1.83. The number of cyclic esters (lactones) is 1. The molecule has 5 heteroatoms. The maximum atomic E-state index is 12.7. The highest BCUT2D eigenvalue weighted by atomic mass is 35.5. The van der Waals surface area contributed by atoms with Gasteiger partial charge < -0.3 is 9.47 Å². The van der Waals surface area contributed by atoms with Crippen LogP contribution < -0.4 is 0 Å². The predicted octanol–water partition coefficient (Wildman–Crippen LogP) is 4.49. The minimum absolute atomic E-state index is 0.0195. The zero-order chi connectivity index (χ0) is 17.3. The summed E-state index contributed by atoms with van der Waals surface area (Å²) >= 11 is 5.91. The first-order valence-corrected chi connectivity index (χ1v) is 8.11. The molecule has 0 bridgehead atoms. The Kier molecular flexibility index (Phi) is 4.58. The third-order valence-corrected chi connectivity index (χ3v) is 4.27. The van der Waals surface area contributed by atoms with E-state index in [1.807, 2.05) is 26.0 Å². The molecule has 2 unspecified atom stereocenters. The Morgan fingerprint density at radius 3 is 2.46 bits per heavy atom. The topological polar surface area (TPSA) is 52.6 Å². The van der Waals surface area contributed by atoms with E-state index >= 15 is 0 Å². The molecular formula is C19H17ClO4. The molecule has 0 amide bonds. The summed E-state index contributed by atoms with van der Waals surface area (Å²) in [4.78, 5) is 24.5. The zero-order valence-corrected chi connectivity index (χ0v) is 14.1. The molecule has 0 aliphatic carbocycles. The fourth-order valence-corrected chi connectivity index (χ4v) is 2.97. The lowest BCUT2D eigenvalue weighted by atomic mass is 9.88. The smallest absolute Gasteiger partial charge is 0.342 e. The molecule has 1 heterocycles. The summed E-state index contributed by atoms with van der Waals surface area (Å²) in [6.07, 6.45) is -0.991. The summed E-state index contributed by atoms with van der Waals surface area (Å²) in [5.74, 6) is -1.35. The molecular weight excluding hydrogens is 328 g/mol. The van der Waals surface area contributed by atoms with Crippen LogP contribution in [0.1, 0.15) is 47.5 Å². The maximum absolute atomic E-state index is 12.7. The Bertz CT molecular complexity index is 767. The van der Waals surface area contributed by atoms with Crippen molar-refractivity contribution < 1.29 is 19.1 Å². The first kappa shape index (κ1) is 16.5. The molecule has 0 radical (unpaired) electrons. The lowest BCUT2D eigenvalue weighted by Crippen LogP contribution is -2.23. The Morgan fingerprint density at radius 1 is 1.12 bits per heavy atom. The number of rotatable bonds is 4. The lowest BCUT2D eigenvalue weighted by Gasteiger charge is -2.22. The van der Waals surface area contributed by atoms with Gasteiger partial charge in [-0.15, -0.1) is 0 Å². The van der Waals surface area contributed by atoms with Crippen molar-refractivity contribution in [1.82, 2.24) is 0 Å². The van der Waals surface area contributed by atoms with Gasteiger partial charge in [-0.2, -0.15) is 0 Å². The van der Waals surface area contributed by atoms with Crippen LogP contribution in [0.25, 0.3) is 0 Å². The summed E-state index contributed by atoms with van der Waals surface area (Å²) in [7, 11) is 0. The van der Waals surface area contributed by atoms with E-state index in [9.17, 15) is 9.59 Å². The number of fused-ring (bicyclic) bond motifs is 1. The van der Waals surface area contributed by atoms with Crippen LogP contribution in [-0.4, -0.2) is 11.9 Å². The van der Waals surface area contributed by atoms with Crippen molar-refractivity contribution >= 4 is 23.5 Å². The number of hydrogen-bond donors (Lipinski definition) is 0. The predicted molar refractivity (Wildman–Crippen MR) is 89.7 cm³/mol. The third kappa shape index (κ3) is 3.15. The largest absolute Gasteiger partial charge is 0.420 e. The summed E-state index contributed by atoms with van der Waals surface area (Å²) in [5, 5.41) is 0.605. The molecule has 1 aliphatic heterocycles. The summed E-state index contributed by atoms with van der Waals surface area (Å²) in [6, 6.07) is 14.0. The van der Waals surface area contributed by atoms with Crippen LogP contribution in [0.3, 0.4) is 0 Å². The fraction of sp³-hybridized carbons (Fsp3) is 0.263. The van der Waals surface area contributed by atoms with Crippen LogP contribution in [0, 0.1) is 5.92 Å². The molecule has 0 spiro atoms. The molecule has 4 nitrogen and oxygen atoms in total. The minimum Gasteiger partial charge on any atom is -0.420 e. The van der Waals surface area contributed by atoms with Crippen molar-refractivity contribution in [3.8, 4) is 0 Å². The highest BCUT2D eigenvalue weighted by molar-refractivity contribution is 6.30. The van der Waals surface area contributed by atoms with Crippen molar-refractivity contribution in [2.75, 3.05) is 0 Å². The van der Waals surface area contributed by atoms with Crippen LogP contribution in [0.5, 0.6) is 0 Å². The van der Waals surface area contributed by atoms with E-state index in [2.05, 4.69) is 0 Å². The molecule has 0 saturated heterocycles. The Morgan fingerprint density at radius 2 is 1.79 bits per heavy atom. The molecule has 0 fully saturated rings. The molecule has 2 aromatic rings. The SMILES string of the molecule is CC(C)C(C(=O)OC1OC(=O)c2ccccc21)c1ccc(Cl)cc1. The van der Waals surface area contributed by atoms with E-state index in [0.717, 1.165) is 5.56 Å². The van der Waals surface area contributed by atoms with E-state index in [1.165, 1.54) is 0 Å². The average molecular weight is 345 g/mol. The number of halogens is 1. The van der Waals surface area contributed by atoms with Crippen molar-refractivity contribution in [2.24, 2.45) is 5.92 Å². The highest BCUT2D eigenvalue weighted by Gasteiger charge is 2.36. The molecule has 1 aliphatic rings. The minimum atomic E-state index is -0.991. The maximum Gasteiger partial charge on any atom is 0.342 e. The van der Waals surface area contributed by atoms with Gasteiger partial charge in [0.05, 0.1) is 11.5 Å². The first-order valence-electron chi connectivity index (χ1n) is 7.73. The number of ether oxygens (including phenoxy) is 2. The second-order valence-electron chi connectivity index (χ2n) is 6.03. The zero-order valence-electron chi connectivity index (χ0n) is 13.4. The molecule has 2 aromatic carbocycles. The highest BCUT2D eigenvalue weighted by Crippen LogP contribution is 2.34. The van der Waals surface area contributed by atoms with Gasteiger partial charge in [0.1, 0.15) is 0 Å². The van der Waals surface area contributed by atoms with E-state index in [0.29, 0.717) is 16.1 Å². The normalized spacial score (nSPS) is 17.3. The van der Waals surface area contributed by atoms with Crippen molar-refractivity contribution in [3.63, 3.8) is 0 Å². The van der Waals surface area contributed by atoms with Crippen LogP contribution in [-0.2, 0) is 14.3 Å².